The molecule has 2 aromatic carbocycles. The number of hydrogen-bond acceptors (Lipinski definition) is 4. The van der Waals surface area contributed by atoms with Gasteiger partial charge in [0.1, 0.15) is 5.75 Å². The Kier molecular flexibility index (Phi) is 4.84. The number of rotatable bonds is 3. The maximum atomic E-state index is 12.7. The Bertz CT molecular complexity index is 1030. The van der Waals surface area contributed by atoms with Crippen LogP contribution in [-0.4, -0.2) is 15.6 Å². The van der Waals surface area contributed by atoms with Crippen molar-refractivity contribution in [1.29, 1.82) is 0 Å². The zero-order valence-corrected chi connectivity index (χ0v) is 15.4. The molecular formula is C17H14Cl2N3O4+. The number of hydrogen-bond donors (Lipinski definition) is 0. The highest BCUT2D eigenvalue weighted by Crippen LogP contribution is 2.28. The Morgan fingerprint density at radius 3 is 2.42 bits per heavy atom. The summed E-state index contributed by atoms with van der Waals surface area (Å²) in [4.78, 5) is 22.9. The molecule has 3 aromatic rings. The van der Waals surface area contributed by atoms with Crippen LogP contribution in [0.4, 0.5) is 10.5 Å². The zero-order chi connectivity index (χ0) is 19.0. The summed E-state index contributed by atoms with van der Waals surface area (Å²) in [5, 5.41) is 11.4. The van der Waals surface area contributed by atoms with E-state index in [4.69, 9.17) is 27.9 Å². The molecule has 0 fully saturated rings. The van der Waals surface area contributed by atoms with E-state index in [2.05, 4.69) is 0 Å². The van der Waals surface area contributed by atoms with Crippen LogP contribution in [0.3, 0.4) is 0 Å². The number of carbonyl (C=O) groups is 1. The predicted molar refractivity (Wildman–Crippen MR) is 97.1 cm³/mol. The van der Waals surface area contributed by atoms with Crippen molar-refractivity contribution in [3.05, 3.63) is 62.4 Å². The normalized spacial score (nSPS) is 10.9. The van der Waals surface area contributed by atoms with Crippen LogP contribution in [0, 0.1) is 17.0 Å². The molecule has 0 saturated carbocycles. The topological polar surface area (TPSA) is 78.2 Å². The number of nitro groups is 1. The zero-order valence-electron chi connectivity index (χ0n) is 13.9. The molecule has 0 saturated heterocycles. The van der Waals surface area contributed by atoms with Gasteiger partial charge in [0.05, 0.1) is 21.5 Å². The molecule has 26 heavy (non-hydrogen) atoms. The number of fused-ring (bicyclic) bond motifs is 1. The molecule has 0 spiro atoms. The molecule has 3 rings (SSSR count). The summed E-state index contributed by atoms with van der Waals surface area (Å²) in [5.74, 6) is 0.845. The van der Waals surface area contributed by atoms with Crippen LogP contribution in [0.2, 0.25) is 10.0 Å². The van der Waals surface area contributed by atoms with Gasteiger partial charge < -0.3 is 4.74 Å². The van der Waals surface area contributed by atoms with Gasteiger partial charge in [-0.05, 0) is 19.1 Å². The molecule has 0 bridgehead atoms. The van der Waals surface area contributed by atoms with Crippen molar-refractivity contribution in [2.75, 3.05) is 0 Å². The van der Waals surface area contributed by atoms with Crippen LogP contribution >= 0.6 is 23.2 Å². The molecule has 0 atom stereocenters. The van der Waals surface area contributed by atoms with Gasteiger partial charge in [-0.2, -0.15) is 4.79 Å². The summed E-state index contributed by atoms with van der Waals surface area (Å²) in [7, 11) is 0. The molecule has 1 heterocycles. The third-order valence-electron chi connectivity index (χ3n) is 4.01. The number of benzene rings is 2. The van der Waals surface area contributed by atoms with Crippen molar-refractivity contribution in [3.63, 3.8) is 0 Å². The van der Waals surface area contributed by atoms with E-state index >= 15 is 0 Å². The SMILES string of the molecule is CC[n+]1c(C)n(C(=O)Oc2ccc([N+](=O)[O-])cc2)c2cc(Cl)c(Cl)cc21. The van der Waals surface area contributed by atoms with Gasteiger partial charge in [0.25, 0.3) is 11.5 Å². The lowest BCUT2D eigenvalue weighted by atomic mass is 10.3. The Morgan fingerprint density at radius 1 is 1.23 bits per heavy atom. The first-order valence-electron chi connectivity index (χ1n) is 7.70. The molecule has 9 heteroatoms. The molecule has 0 aliphatic heterocycles. The Morgan fingerprint density at radius 2 is 1.85 bits per heavy atom. The average Bonchev–Trinajstić information content (AvgIpc) is 2.86. The first-order valence-corrected chi connectivity index (χ1v) is 8.45. The van der Waals surface area contributed by atoms with E-state index in [-0.39, 0.29) is 11.4 Å². The van der Waals surface area contributed by atoms with Gasteiger partial charge >= 0.3 is 6.09 Å². The maximum Gasteiger partial charge on any atom is 0.517 e. The van der Waals surface area contributed by atoms with E-state index in [0.29, 0.717) is 27.9 Å². The van der Waals surface area contributed by atoms with Gasteiger partial charge in [-0.25, -0.2) is 4.57 Å². The van der Waals surface area contributed by atoms with E-state index in [1.807, 2.05) is 11.5 Å². The lowest BCUT2D eigenvalue weighted by Crippen LogP contribution is -2.36. The lowest BCUT2D eigenvalue weighted by molar-refractivity contribution is -0.674. The fraction of sp³-hybridized carbons (Fsp3) is 0.176. The van der Waals surface area contributed by atoms with E-state index in [9.17, 15) is 14.9 Å². The van der Waals surface area contributed by atoms with Crippen LogP contribution in [0.1, 0.15) is 12.7 Å². The van der Waals surface area contributed by atoms with Gasteiger partial charge in [0.2, 0.25) is 0 Å². The second-order valence-electron chi connectivity index (χ2n) is 5.50. The summed E-state index contributed by atoms with van der Waals surface area (Å²) >= 11 is 12.2. The van der Waals surface area contributed by atoms with E-state index in [1.54, 1.807) is 19.1 Å². The van der Waals surface area contributed by atoms with Gasteiger partial charge in [0, 0.05) is 31.2 Å². The maximum absolute atomic E-state index is 12.7. The predicted octanol–water partition coefficient (Wildman–Crippen LogP) is 4.52. The number of non-ortho nitro benzene ring substituents is 1. The molecule has 0 aliphatic rings. The quantitative estimate of drug-likeness (QED) is 0.371. The molecule has 0 amide bonds. The molecule has 0 unspecified atom stereocenters. The second kappa shape index (κ2) is 6.93. The number of carbonyl (C=O) groups excluding carboxylic acids is 1. The Labute approximate surface area is 158 Å². The van der Waals surface area contributed by atoms with E-state index in [1.165, 1.54) is 28.8 Å². The monoisotopic (exact) mass is 394 g/mol. The van der Waals surface area contributed by atoms with Gasteiger partial charge in [-0.15, -0.1) is 4.57 Å². The minimum Gasteiger partial charge on any atom is -0.392 e. The minimum absolute atomic E-state index is 0.0855. The largest absolute Gasteiger partial charge is 0.517 e. The van der Waals surface area contributed by atoms with Crippen molar-refractivity contribution >= 4 is 46.0 Å². The standard InChI is InChI=1S/C17H14Cl2N3O4/c1-3-20-10(2)21(16-9-14(19)13(18)8-15(16)20)17(23)26-12-6-4-11(5-7-12)22(24)25/h4-9H,3H2,1-2H3/q+1. The molecule has 134 valence electrons. The average molecular weight is 395 g/mol. The number of aryl methyl sites for hydroxylation is 1. The van der Waals surface area contributed by atoms with Crippen molar-refractivity contribution < 1.29 is 19.0 Å². The summed E-state index contributed by atoms with van der Waals surface area (Å²) in [6.45, 7) is 4.35. The molecule has 0 radical (unpaired) electrons. The van der Waals surface area contributed by atoms with Crippen LogP contribution in [-0.2, 0) is 6.54 Å². The van der Waals surface area contributed by atoms with Crippen molar-refractivity contribution in [3.8, 4) is 5.75 Å². The molecule has 7 nitrogen and oxygen atoms in total. The number of nitro benzene ring substituents is 1. The molecule has 0 aliphatic carbocycles. The first kappa shape index (κ1) is 18.2. The number of ether oxygens (including phenoxy) is 1. The third-order valence-corrected chi connectivity index (χ3v) is 4.74. The fourth-order valence-electron chi connectivity index (χ4n) is 2.80. The highest BCUT2D eigenvalue weighted by Gasteiger charge is 2.29. The highest BCUT2D eigenvalue weighted by molar-refractivity contribution is 6.42. The second-order valence-corrected chi connectivity index (χ2v) is 6.32. The Balaban J connectivity index is 2.04. The van der Waals surface area contributed by atoms with Crippen LogP contribution in [0.25, 0.3) is 11.0 Å². The fourth-order valence-corrected chi connectivity index (χ4v) is 3.12. The minimum atomic E-state index is -0.646. The van der Waals surface area contributed by atoms with E-state index < -0.39 is 11.0 Å². The first-order chi connectivity index (χ1) is 12.3. The third kappa shape index (κ3) is 3.11. The van der Waals surface area contributed by atoms with Gasteiger partial charge in [0.15, 0.2) is 11.0 Å². The van der Waals surface area contributed by atoms with Crippen LogP contribution in [0.15, 0.2) is 36.4 Å². The van der Waals surface area contributed by atoms with Crippen molar-refractivity contribution in [2.24, 2.45) is 0 Å². The van der Waals surface area contributed by atoms with Gasteiger partial charge in [-0.1, -0.05) is 23.2 Å². The van der Waals surface area contributed by atoms with Gasteiger partial charge in [-0.3, -0.25) is 10.1 Å². The number of aromatic nitrogens is 2. The van der Waals surface area contributed by atoms with E-state index in [0.717, 1.165) is 5.52 Å². The van der Waals surface area contributed by atoms with Crippen molar-refractivity contribution in [1.82, 2.24) is 4.57 Å². The smallest absolute Gasteiger partial charge is 0.392 e. The highest BCUT2D eigenvalue weighted by atomic mass is 35.5. The summed E-state index contributed by atoms with van der Waals surface area (Å²) < 4.78 is 8.67. The summed E-state index contributed by atoms with van der Waals surface area (Å²) in [5.41, 5.74) is 1.23. The Hall–Kier alpha value is -2.64. The number of imidazole rings is 1. The van der Waals surface area contributed by atoms with Crippen LogP contribution in [0.5, 0.6) is 5.75 Å². The number of halogens is 2. The summed E-state index contributed by atoms with van der Waals surface area (Å²) in [6, 6.07) is 8.59. The van der Waals surface area contributed by atoms with Crippen molar-refractivity contribution in [2.45, 2.75) is 20.4 Å². The number of nitrogens with zero attached hydrogens (tertiary/aromatic N) is 3. The molecule has 0 N–H and O–H groups in total. The molecular weight excluding hydrogens is 381 g/mol. The summed E-state index contributed by atoms with van der Waals surface area (Å²) in [6.07, 6.45) is -0.646. The lowest BCUT2D eigenvalue weighted by Gasteiger charge is -2.02. The molecule has 1 aromatic heterocycles. The van der Waals surface area contributed by atoms with Crippen LogP contribution < -0.4 is 9.30 Å².